The number of hydrogen-bond donors (Lipinski definition) is 0. The number of carbonyl (C=O) groups is 2. The predicted octanol–water partition coefficient (Wildman–Crippen LogP) is 5.25. The average molecular weight is 558 g/mol. The summed E-state index contributed by atoms with van der Waals surface area (Å²) in [5.41, 5.74) is 1.62. The number of amidine groups is 1. The zero-order valence-electron chi connectivity index (χ0n) is 22.0. The van der Waals surface area contributed by atoms with Gasteiger partial charge in [0.1, 0.15) is 17.2 Å². The molecule has 1 fully saturated rings. The number of methoxy groups -OCH3 is 1. The summed E-state index contributed by atoms with van der Waals surface area (Å²) in [4.78, 5) is 35.0. The summed E-state index contributed by atoms with van der Waals surface area (Å²) in [5, 5.41) is 0.398. The van der Waals surface area contributed by atoms with Crippen LogP contribution in [-0.2, 0) is 14.3 Å². The van der Waals surface area contributed by atoms with Crippen molar-refractivity contribution in [2.24, 2.45) is 4.99 Å². The second-order valence-electron chi connectivity index (χ2n) is 9.07. The van der Waals surface area contributed by atoms with Crippen molar-refractivity contribution in [2.75, 3.05) is 38.3 Å². The third kappa shape index (κ3) is 6.51. The minimum Gasteiger partial charge on any atom is -0.495 e. The highest BCUT2D eigenvalue weighted by Gasteiger charge is 2.36. The monoisotopic (exact) mass is 557 g/mol. The first-order valence-electron chi connectivity index (χ1n) is 12.6. The highest BCUT2D eigenvalue weighted by molar-refractivity contribution is 8.15. The Morgan fingerprint density at radius 2 is 1.89 bits per heavy atom. The van der Waals surface area contributed by atoms with Gasteiger partial charge in [-0.2, -0.15) is 0 Å². The zero-order chi connectivity index (χ0) is 27.2. The average Bonchev–Trinajstić information content (AvgIpc) is 3.22. The molecular formula is C28H32ClN3O5S. The van der Waals surface area contributed by atoms with Gasteiger partial charge in [-0.25, -0.2) is 4.99 Å². The number of rotatable bonds is 8. The number of anilines is 1. The number of thioether (sulfide) groups is 1. The molecule has 10 heteroatoms. The van der Waals surface area contributed by atoms with E-state index < -0.39 is 5.25 Å². The molecule has 2 aliphatic heterocycles. The maximum Gasteiger partial charge on any atom is 0.283 e. The fourth-order valence-electron chi connectivity index (χ4n) is 4.09. The molecule has 0 aliphatic carbocycles. The zero-order valence-corrected chi connectivity index (χ0v) is 23.6. The topological polar surface area (TPSA) is 80.7 Å². The summed E-state index contributed by atoms with van der Waals surface area (Å²) in [7, 11) is 1.53. The summed E-state index contributed by atoms with van der Waals surface area (Å²) >= 11 is 7.68. The summed E-state index contributed by atoms with van der Waals surface area (Å²) in [6, 6.07) is 12.6. The maximum atomic E-state index is 13.7. The van der Waals surface area contributed by atoms with Gasteiger partial charge in [0.15, 0.2) is 5.17 Å². The van der Waals surface area contributed by atoms with E-state index in [1.807, 2.05) is 49.9 Å². The van der Waals surface area contributed by atoms with Crippen LogP contribution in [0.5, 0.6) is 11.5 Å². The van der Waals surface area contributed by atoms with Crippen molar-refractivity contribution < 1.29 is 23.8 Å². The van der Waals surface area contributed by atoms with Crippen molar-refractivity contribution in [2.45, 2.75) is 38.5 Å². The van der Waals surface area contributed by atoms with Crippen molar-refractivity contribution in [1.82, 2.24) is 4.90 Å². The fourth-order valence-corrected chi connectivity index (χ4v) is 5.46. The van der Waals surface area contributed by atoms with Crippen LogP contribution < -0.4 is 14.4 Å². The number of morpholine rings is 1. The lowest BCUT2D eigenvalue weighted by Crippen LogP contribution is -2.45. The Kier molecular flexibility index (Phi) is 9.35. The number of hydrogen-bond acceptors (Lipinski definition) is 7. The van der Waals surface area contributed by atoms with E-state index in [4.69, 9.17) is 30.8 Å². The summed E-state index contributed by atoms with van der Waals surface area (Å²) in [6.45, 7) is 8.05. The summed E-state index contributed by atoms with van der Waals surface area (Å²) in [5.74, 6) is 0.968. The van der Waals surface area contributed by atoms with Crippen LogP contribution in [-0.4, -0.2) is 66.6 Å². The van der Waals surface area contributed by atoms with E-state index in [-0.39, 0.29) is 23.6 Å². The molecule has 2 aliphatic rings. The number of aliphatic imine (C=N–C) groups is 1. The minimum atomic E-state index is -0.400. The molecule has 0 spiro atoms. The van der Waals surface area contributed by atoms with Crippen molar-refractivity contribution in [3.63, 3.8) is 0 Å². The second-order valence-corrected chi connectivity index (χ2v) is 10.6. The number of carbonyl (C=O) groups excluding carboxylic acids is 2. The molecule has 0 N–H and O–H groups in total. The van der Waals surface area contributed by atoms with Gasteiger partial charge >= 0.3 is 0 Å². The van der Waals surface area contributed by atoms with Gasteiger partial charge < -0.3 is 19.1 Å². The molecule has 2 aromatic rings. The van der Waals surface area contributed by atoms with Gasteiger partial charge in [0, 0.05) is 13.1 Å². The van der Waals surface area contributed by atoms with Gasteiger partial charge in [-0.3, -0.25) is 14.5 Å². The number of benzene rings is 2. The lowest BCUT2D eigenvalue weighted by Gasteiger charge is -2.30. The maximum absolute atomic E-state index is 13.7. The number of amides is 2. The molecule has 0 bridgehead atoms. The van der Waals surface area contributed by atoms with Crippen LogP contribution in [0.2, 0.25) is 5.02 Å². The van der Waals surface area contributed by atoms with E-state index in [0.29, 0.717) is 54.4 Å². The van der Waals surface area contributed by atoms with Crippen LogP contribution in [0.1, 0.15) is 32.8 Å². The second kappa shape index (κ2) is 12.7. The van der Waals surface area contributed by atoms with Crippen molar-refractivity contribution in [3.05, 3.63) is 58.7 Å². The molecule has 38 heavy (non-hydrogen) atoms. The molecule has 2 heterocycles. The van der Waals surface area contributed by atoms with Gasteiger partial charge in [0.2, 0.25) is 5.91 Å². The van der Waals surface area contributed by atoms with Crippen LogP contribution in [0, 0.1) is 0 Å². The predicted molar refractivity (Wildman–Crippen MR) is 152 cm³/mol. The molecular weight excluding hydrogens is 526 g/mol. The normalized spacial score (nSPS) is 17.7. The minimum absolute atomic E-state index is 0.0156. The van der Waals surface area contributed by atoms with Crippen molar-refractivity contribution in [3.8, 4) is 11.5 Å². The van der Waals surface area contributed by atoms with E-state index in [2.05, 4.69) is 0 Å². The summed E-state index contributed by atoms with van der Waals surface area (Å²) in [6.07, 6.45) is 2.39. The fraction of sp³-hybridized carbons (Fsp3) is 0.393. The smallest absolute Gasteiger partial charge is 0.283 e. The highest BCUT2D eigenvalue weighted by Crippen LogP contribution is 2.36. The van der Waals surface area contributed by atoms with Crippen molar-refractivity contribution in [1.29, 1.82) is 0 Å². The lowest BCUT2D eigenvalue weighted by atomic mass is 10.2. The van der Waals surface area contributed by atoms with E-state index in [9.17, 15) is 9.59 Å². The number of nitrogens with zero attached hydrogens (tertiary/aromatic N) is 3. The van der Waals surface area contributed by atoms with Crippen LogP contribution in [0.15, 0.2) is 53.2 Å². The van der Waals surface area contributed by atoms with E-state index in [1.165, 1.54) is 23.8 Å². The van der Waals surface area contributed by atoms with Crippen LogP contribution >= 0.6 is 23.4 Å². The Morgan fingerprint density at radius 3 is 2.50 bits per heavy atom. The van der Waals surface area contributed by atoms with Crippen LogP contribution in [0.3, 0.4) is 0 Å². The number of halogens is 1. The third-order valence-electron chi connectivity index (χ3n) is 6.00. The largest absolute Gasteiger partial charge is 0.495 e. The molecule has 0 saturated carbocycles. The van der Waals surface area contributed by atoms with Gasteiger partial charge in [-0.15, -0.1) is 0 Å². The quantitative estimate of drug-likeness (QED) is 0.412. The molecule has 1 saturated heterocycles. The molecule has 0 aromatic heterocycles. The van der Waals surface area contributed by atoms with Crippen LogP contribution in [0.4, 0.5) is 5.69 Å². The Morgan fingerprint density at radius 1 is 1.18 bits per heavy atom. The molecule has 2 amide bonds. The Hall–Kier alpha value is -3.01. The van der Waals surface area contributed by atoms with Crippen LogP contribution in [0.25, 0.3) is 6.08 Å². The van der Waals surface area contributed by atoms with Gasteiger partial charge in [-0.1, -0.05) is 42.4 Å². The molecule has 4 rings (SSSR count). The van der Waals surface area contributed by atoms with Gasteiger partial charge in [0.25, 0.3) is 5.91 Å². The standard InChI is InChI=1S/C28H32ClN3O5S/c1-5-25(27(34)31-12-14-36-15-13-31)38-28-30-23(16-19-6-9-21(10-7-19)37-18(2)3)26(33)32(28)20-8-11-24(35-4)22(29)17-20/h6-11,16-18,25H,5,12-15H2,1-4H3/b23-16+/t25-/m1/s1. The number of ether oxygens (including phenoxy) is 3. The SMILES string of the molecule is CC[C@@H](SC1=N/C(=C/c2ccc(OC(C)C)cc2)C(=O)N1c1ccc(OC)c(Cl)c1)C(=O)N1CCOCC1. The Balaban J connectivity index is 1.66. The van der Waals surface area contributed by atoms with E-state index in [0.717, 1.165) is 11.3 Å². The van der Waals surface area contributed by atoms with Crippen molar-refractivity contribution >= 4 is 52.1 Å². The Labute approximate surface area is 232 Å². The molecule has 1 atom stereocenters. The molecule has 2 aromatic carbocycles. The van der Waals surface area contributed by atoms with Gasteiger partial charge in [-0.05, 0) is 62.2 Å². The first-order chi connectivity index (χ1) is 18.3. The Bertz CT molecular complexity index is 1230. The first kappa shape index (κ1) is 28.0. The molecule has 8 nitrogen and oxygen atoms in total. The molecule has 0 radical (unpaired) electrons. The highest BCUT2D eigenvalue weighted by atomic mass is 35.5. The third-order valence-corrected chi connectivity index (χ3v) is 7.59. The van der Waals surface area contributed by atoms with E-state index >= 15 is 0 Å². The summed E-state index contributed by atoms with van der Waals surface area (Å²) < 4.78 is 16.4. The molecule has 202 valence electrons. The first-order valence-corrected chi connectivity index (χ1v) is 13.8. The molecule has 0 unspecified atom stereocenters. The van der Waals surface area contributed by atoms with Gasteiger partial charge in [0.05, 0.1) is 42.4 Å². The lowest BCUT2D eigenvalue weighted by molar-refractivity contribution is -0.134. The van der Waals surface area contributed by atoms with E-state index in [1.54, 1.807) is 24.3 Å².